The van der Waals surface area contributed by atoms with Crippen LogP contribution in [0.5, 0.6) is 0 Å². The number of hydrogen-bond acceptors (Lipinski definition) is 3. The Morgan fingerprint density at radius 1 is 1.36 bits per heavy atom. The fourth-order valence-electron chi connectivity index (χ4n) is 3.42. The predicted molar refractivity (Wildman–Crippen MR) is 96.8 cm³/mol. The van der Waals surface area contributed by atoms with Crippen LogP contribution < -0.4 is 5.73 Å². The highest BCUT2D eigenvalue weighted by atomic mass is 35.5. The van der Waals surface area contributed by atoms with Crippen molar-refractivity contribution in [3.05, 3.63) is 22.4 Å². The van der Waals surface area contributed by atoms with E-state index in [4.69, 9.17) is 5.73 Å². The smallest absolute Gasteiger partial charge is 0.233 e. The van der Waals surface area contributed by atoms with Crippen LogP contribution in [0.2, 0.25) is 0 Å². The minimum absolute atomic E-state index is 0. The predicted octanol–water partition coefficient (Wildman–Crippen LogP) is 3.82. The van der Waals surface area contributed by atoms with E-state index in [0.29, 0.717) is 6.54 Å². The lowest BCUT2D eigenvalue weighted by molar-refractivity contribution is -0.138. The van der Waals surface area contributed by atoms with Crippen LogP contribution in [0.25, 0.3) is 0 Å². The van der Waals surface area contributed by atoms with Crippen LogP contribution in [0, 0.1) is 5.41 Å². The highest BCUT2D eigenvalue weighted by Crippen LogP contribution is 2.43. The Balaban J connectivity index is 0.00000242. The normalized spacial score (nSPS) is 17.6. The number of likely N-dealkylation sites (N-methyl/N-ethyl adjacent to an activating group) is 1. The Hall–Kier alpha value is -0.580. The number of rotatable bonds is 5. The number of carbonyl (C=O) groups is 1. The number of nitrogens with two attached hydrogens (primary N) is 1. The third-order valence-corrected chi connectivity index (χ3v) is 5.75. The summed E-state index contributed by atoms with van der Waals surface area (Å²) in [6.45, 7) is 5.55. The molecule has 126 valence electrons. The van der Waals surface area contributed by atoms with E-state index in [1.165, 1.54) is 11.3 Å². The van der Waals surface area contributed by atoms with Crippen LogP contribution in [-0.4, -0.2) is 30.9 Å². The number of amides is 1. The molecule has 1 heterocycles. The second kappa shape index (κ2) is 7.80. The largest absolute Gasteiger partial charge is 0.344 e. The van der Waals surface area contributed by atoms with Gasteiger partial charge in [-0.3, -0.25) is 4.79 Å². The van der Waals surface area contributed by atoms with E-state index in [-0.39, 0.29) is 29.1 Å². The molecule has 0 aromatic carbocycles. The Labute approximate surface area is 144 Å². The van der Waals surface area contributed by atoms with Crippen LogP contribution in [-0.2, 0) is 10.2 Å². The summed E-state index contributed by atoms with van der Waals surface area (Å²) in [7, 11) is 1.93. The molecule has 2 rings (SSSR count). The van der Waals surface area contributed by atoms with Gasteiger partial charge >= 0.3 is 0 Å². The molecular formula is C17H29ClN2OS. The van der Waals surface area contributed by atoms with Crippen LogP contribution in [0.3, 0.4) is 0 Å². The maximum absolute atomic E-state index is 13.2. The lowest BCUT2D eigenvalue weighted by Crippen LogP contribution is -2.49. The number of nitrogens with zero attached hydrogens (tertiary/aromatic N) is 1. The molecule has 1 aromatic rings. The molecule has 2 N–H and O–H groups in total. The van der Waals surface area contributed by atoms with Gasteiger partial charge in [0, 0.05) is 18.5 Å². The van der Waals surface area contributed by atoms with Crippen molar-refractivity contribution >= 4 is 29.7 Å². The average Bonchev–Trinajstić information content (AvgIpc) is 3.01. The number of carbonyl (C=O) groups excluding carboxylic acids is 1. The molecule has 0 bridgehead atoms. The molecule has 1 aromatic heterocycles. The molecule has 0 unspecified atom stereocenters. The summed E-state index contributed by atoms with van der Waals surface area (Å²) >= 11 is 1.73. The van der Waals surface area contributed by atoms with Gasteiger partial charge < -0.3 is 10.6 Å². The zero-order valence-corrected chi connectivity index (χ0v) is 15.6. The molecule has 1 fully saturated rings. The van der Waals surface area contributed by atoms with Crippen molar-refractivity contribution in [1.29, 1.82) is 0 Å². The SMILES string of the molecule is CN(CC(C)(C)CN)C(=O)C1(c2cccs2)CCCCC1.Cl. The van der Waals surface area contributed by atoms with Gasteiger partial charge in [-0.2, -0.15) is 0 Å². The number of hydrogen-bond donors (Lipinski definition) is 1. The minimum atomic E-state index is -0.286. The van der Waals surface area contributed by atoms with Crippen LogP contribution >= 0.6 is 23.7 Å². The van der Waals surface area contributed by atoms with Gasteiger partial charge in [0.1, 0.15) is 0 Å². The van der Waals surface area contributed by atoms with E-state index >= 15 is 0 Å². The average molecular weight is 345 g/mol. The molecule has 5 heteroatoms. The summed E-state index contributed by atoms with van der Waals surface area (Å²) in [6, 6.07) is 4.20. The van der Waals surface area contributed by atoms with Gasteiger partial charge in [-0.05, 0) is 36.2 Å². The fourth-order valence-corrected chi connectivity index (χ4v) is 4.39. The first-order valence-electron chi connectivity index (χ1n) is 7.91. The number of halogens is 1. The van der Waals surface area contributed by atoms with Gasteiger partial charge in [0.25, 0.3) is 0 Å². The van der Waals surface area contributed by atoms with Crippen molar-refractivity contribution in [1.82, 2.24) is 4.90 Å². The van der Waals surface area contributed by atoms with E-state index in [0.717, 1.165) is 32.2 Å². The Kier molecular flexibility index (Phi) is 6.90. The molecule has 1 aliphatic carbocycles. The first-order valence-corrected chi connectivity index (χ1v) is 8.79. The molecule has 0 saturated heterocycles. The summed E-state index contributed by atoms with van der Waals surface area (Å²) < 4.78 is 0. The van der Waals surface area contributed by atoms with Crippen molar-refractivity contribution in [2.75, 3.05) is 20.1 Å². The van der Waals surface area contributed by atoms with E-state index in [1.54, 1.807) is 11.3 Å². The first kappa shape index (κ1) is 19.5. The van der Waals surface area contributed by atoms with Crippen LogP contribution in [0.15, 0.2) is 17.5 Å². The van der Waals surface area contributed by atoms with E-state index in [1.807, 2.05) is 11.9 Å². The third-order valence-electron chi connectivity index (χ3n) is 4.67. The quantitative estimate of drug-likeness (QED) is 0.882. The van der Waals surface area contributed by atoms with Gasteiger partial charge in [-0.15, -0.1) is 23.7 Å². The topological polar surface area (TPSA) is 46.3 Å². The fraction of sp³-hybridized carbons (Fsp3) is 0.706. The van der Waals surface area contributed by atoms with E-state index < -0.39 is 0 Å². The Morgan fingerprint density at radius 2 is 2.00 bits per heavy atom. The molecular weight excluding hydrogens is 316 g/mol. The lowest BCUT2D eigenvalue weighted by atomic mass is 9.71. The summed E-state index contributed by atoms with van der Waals surface area (Å²) in [5.41, 5.74) is 5.51. The van der Waals surface area contributed by atoms with Crippen LogP contribution in [0.1, 0.15) is 50.8 Å². The Bertz CT molecular complexity index is 467. The van der Waals surface area contributed by atoms with Crippen molar-refractivity contribution < 1.29 is 4.79 Å². The number of thiophene rings is 1. The second-order valence-corrected chi connectivity index (χ2v) is 8.10. The standard InChI is InChI=1S/C17H28N2OS.ClH/c1-16(2,12-18)13-19(3)15(20)17(9-5-4-6-10-17)14-8-7-11-21-14;/h7-8,11H,4-6,9-10,12-13,18H2,1-3H3;1H. The summed E-state index contributed by atoms with van der Waals surface area (Å²) in [5.74, 6) is 0.283. The van der Waals surface area contributed by atoms with Crippen molar-refractivity contribution in [3.63, 3.8) is 0 Å². The van der Waals surface area contributed by atoms with Gasteiger partial charge in [-0.25, -0.2) is 0 Å². The summed E-state index contributed by atoms with van der Waals surface area (Å²) in [4.78, 5) is 16.4. The van der Waals surface area contributed by atoms with Gasteiger partial charge in [0.2, 0.25) is 5.91 Å². The monoisotopic (exact) mass is 344 g/mol. The van der Waals surface area contributed by atoms with Crippen LogP contribution in [0.4, 0.5) is 0 Å². The Morgan fingerprint density at radius 3 is 2.50 bits per heavy atom. The highest BCUT2D eigenvalue weighted by molar-refractivity contribution is 7.10. The zero-order valence-electron chi connectivity index (χ0n) is 13.9. The summed E-state index contributed by atoms with van der Waals surface area (Å²) in [6.07, 6.45) is 5.52. The van der Waals surface area contributed by atoms with Crippen molar-refractivity contribution in [2.45, 2.75) is 51.4 Å². The maximum atomic E-state index is 13.2. The molecule has 22 heavy (non-hydrogen) atoms. The molecule has 0 spiro atoms. The molecule has 0 atom stereocenters. The lowest BCUT2D eigenvalue weighted by Gasteiger charge is -2.40. The molecule has 1 saturated carbocycles. The van der Waals surface area contributed by atoms with E-state index in [2.05, 4.69) is 31.4 Å². The molecule has 0 radical (unpaired) electrons. The van der Waals surface area contributed by atoms with Gasteiger partial charge in [-0.1, -0.05) is 39.2 Å². The molecule has 3 nitrogen and oxygen atoms in total. The third kappa shape index (κ3) is 4.03. The van der Waals surface area contributed by atoms with Crippen molar-refractivity contribution in [3.8, 4) is 0 Å². The summed E-state index contributed by atoms with van der Waals surface area (Å²) in [5, 5.41) is 2.09. The van der Waals surface area contributed by atoms with Gasteiger partial charge in [0.05, 0.1) is 5.41 Å². The first-order chi connectivity index (χ1) is 9.91. The minimum Gasteiger partial charge on any atom is -0.344 e. The van der Waals surface area contributed by atoms with E-state index in [9.17, 15) is 4.79 Å². The second-order valence-electron chi connectivity index (χ2n) is 7.15. The van der Waals surface area contributed by atoms with Crippen molar-refractivity contribution in [2.24, 2.45) is 11.1 Å². The van der Waals surface area contributed by atoms with Gasteiger partial charge in [0.15, 0.2) is 0 Å². The molecule has 1 amide bonds. The maximum Gasteiger partial charge on any atom is 0.233 e. The highest BCUT2D eigenvalue weighted by Gasteiger charge is 2.44. The molecule has 1 aliphatic rings. The molecule has 0 aliphatic heterocycles. The zero-order chi connectivity index (χ0) is 15.5.